The Bertz CT molecular complexity index is 896. The third-order valence-corrected chi connectivity index (χ3v) is 6.53. The van der Waals surface area contributed by atoms with Crippen LogP contribution in [0.15, 0.2) is 48.8 Å². The van der Waals surface area contributed by atoms with Gasteiger partial charge in [0.25, 0.3) is 5.91 Å². The van der Waals surface area contributed by atoms with Crippen molar-refractivity contribution in [3.8, 4) is 0 Å². The summed E-state index contributed by atoms with van der Waals surface area (Å²) in [4.78, 5) is 33.1. The molecule has 2 aliphatic rings. The number of likely N-dealkylation sites (tertiary alicyclic amines) is 1. The van der Waals surface area contributed by atoms with Crippen LogP contribution in [0.2, 0.25) is 0 Å². The average Bonchev–Trinajstić information content (AvgIpc) is 2.84. The molecule has 170 valence electrons. The first-order valence-electron chi connectivity index (χ1n) is 11.7. The smallest absolute Gasteiger partial charge is 0.255 e. The van der Waals surface area contributed by atoms with Gasteiger partial charge >= 0.3 is 0 Å². The maximum Gasteiger partial charge on any atom is 0.255 e. The van der Waals surface area contributed by atoms with Crippen molar-refractivity contribution >= 4 is 17.5 Å². The third kappa shape index (κ3) is 6.07. The fourth-order valence-electron chi connectivity index (χ4n) is 4.62. The Kier molecular flexibility index (Phi) is 7.72. The second-order valence-electron chi connectivity index (χ2n) is 8.73. The molecule has 0 atom stereocenters. The Balaban J connectivity index is 1.19. The van der Waals surface area contributed by atoms with Crippen LogP contribution in [0.25, 0.3) is 0 Å². The van der Waals surface area contributed by atoms with Crippen LogP contribution < -0.4 is 15.5 Å². The number of carbonyl (C=O) groups is 2. The second kappa shape index (κ2) is 11.1. The van der Waals surface area contributed by atoms with Gasteiger partial charge in [0.05, 0.1) is 17.8 Å². The third-order valence-electron chi connectivity index (χ3n) is 6.53. The minimum Gasteiger partial charge on any atom is -0.360 e. The standard InChI is InChI=1S/C25H33N5O2/c31-24-19-30(17-13-27-24)23-8-11-26-18-22(23)25(32)28-12-16-29-14-9-21(10-15-29)7-6-20-4-2-1-3-5-20/h1-5,8,11,18,21H,6-7,9-10,12-17,19H2,(H,27,31)(H,28,32). The number of benzene rings is 1. The zero-order valence-electron chi connectivity index (χ0n) is 18.6. The summed E-state index contributed by atoms with van der Waals surface area (Å²) in [5.74, 6) is 0.643. The van der Waals surface area contributed by atoms with Crippen molar-refractivity contribution in [2.24, 2.45) is 5.92 Å². The zero-order valence-corrected chi connectivity index (χ0v) is 18.6. The van der Waals surface area contributed by atoms with Crippen molar-refractivity contribution in [2.75, 3.05) is 50.7 Å². The Morgan fingerprint density at radius 2 is 1.94 bits per heavy atom. The van der Waals surface area contributed by atoms with Crippen molar-refractivity contribution in [2.45, 2.75) is 25.7 Å². The number of aryl methyl sites for hydroxylation is 1. The van der Waals surface area contributed by atoms with Gasteiger partial charge in [0.2, 0.25) is 5.91 Å². The van der Waals surface area contributed by atoms with E-state index in [-0.39, 0.29) is 18.4 Å². The number of aromatic nitrogens is 1. The average molecular weight is 436 g/mol. The molecule has 0 radical (unpaired) electrons. The van der Waals surface area contributed by atoms with Gasteiger partial charge in [-0.15, -0.1) is 0 Å². The van der Waals surface area contributed by atoms with E-state index >= 15 is 0 Å². The molecular formula is C25H33N5O2. The highest BCUT2D eigenvalue weighted by atomic mass is 16.2. The van der Waals surface area contributed by atoms with Crippen LogP contribution in [0.3, 0.4) is 0 Å². The van der Waals surface area contributed by atoms with Crippen LogP contribution in [0, 0.1) is 5.92 Å². The fraction of sp³-hybridized carbons (Fsp3) is 0.480. The lowest BCUT2D eigenvalue weighted by atomic mass is 9.90. The summed E-state index contributed by atoms with van der Waals surface area (Å²) in [7, 11) is 0. The molecule has 2 aromatic rings. The van der Waals surface area contributed by atoms with Crippen LogP contribution in [-0.2, 0) is 11.2 Å². The van der Waals surface area contributed by atoms with Gasteiger partial charge in [-0.2, -0.15) is 0 Å². The number of nitrogens with zero attached hydrogens (tertiary/aromatic N) is 3. The Morgan fingerprint density at radius 1 is 1.12 bits per heavy atom. The molecule has 0 saturated carbocycles. The lowest BCUT2D eigenvalue weighted by molar-refractivity contribution is -0.120. The largest absolute Gasteiger partial charge is 0.360 e. The normalized spacial score (nSPS) is 17.8. The SMILES string of the molecule is O=C1CN(c2ccncc2C(=O)NCCN2CCC(CCc3ccccc3)CC2)CCN1. The van der Waals surface area contributed by atoms with E-state index in [1.54, 1.807) is 12.4 Å². The molecule has 0 bridgehead atoms. The minimum atomic E-state index is -0.128. The Labute approximate surface area is 190 Å². The first-order chi connectivity index (χ1) is 15.7. The quantitative estimate of drug-likeness (QED) is 0.664. The van der Waals surface area contributed by atoms with E-state index in [2.05, 4.69) is 50.8 Å². The first kappa shape index (κ1) is 22.3. The molecule has 2 saturated heterocycles. The van der Waals surface area contributed by atoms with Crippen molar-refractivity contribution < 1.29 is 9.59 Å². The minimum absolute atomic E-state index is 0.0217. The maximum absolute atomic E-state index is 12.8. The van der Waals surface area contributed by atoms with Crippen molar-refractivity contribution in [1.29, 1.82) is 0 Å². The topological polar surface area (TPSA) is 77.6 Å². The number of amides is 2. The van der Waals surface area contributed by atoms with Crippen LogP contribution in [-0.4, -0.2) is 67.5 Å². The number of rotatable bonds is 8. The number of piperazine rings is 1. The number of carbonyl (C=O) groups excluding carboxylic acids is 2. The molecule has 0 spiro atoms. The summed E-state index contributed by atoms with van der Waals surface area (Å²) in [6, 6.07) is 12.5. The van der Waals surface area contributed by atoms with E-state index in [0.29, 0.717) is 25.2 Å². The molecule has 2 amide bonds. The molecule has 2 aliphatic heterocycles. The molecule has 1 aromatic carbocycles. The van der Waals surface area contributed by atoms with Gasteiger partial charge in [-0.25, -0.2) is 0 Å². The predicted octanol–water partition coefficient (Wildman–Crippen LogP) is 2.09. The summed E-state index contributed by atoms with van der Waals surface area (Å²) in [5, 5.41) is 5.86. The fourth-order valence-corrected chi connectivity index (χ4v) is 4.62. The van der Waals surface area contributed by atoms with Gasteiger partial charge in [0.1, 0.15) is 0 Å². The zero-order chi connectivity index (χ0) is 22.2. The molecule has 0 aliphatic carbocycles. The van der Waals surface area contributed by atoms with Gasteiger partial charge < -0.3 is 20.4 Å². The van der Waals surface area contributed by atoms with Crippen LogP contribution in [0.1, 0.15) is 35.2 Å². The van der Waals surface area contributed by atoms with Gasteiger partial charge in [-0.3, -0.25) is 14.6 Å². The molecule has 2 N–H and O–H groups in total. The maximum atomic E-state index is 12.8. The molecule has 0 unspecified atom stereocenters. The number of pyridine rings is 1. The molecule has 7 nitrogen and oxygen atoms in total. The van der Waals surface area contributed by atoms with Crippen LogP contribution in [0.4, 0.5) is 5.69 Å². The van der Waals surface area contributed by atoms with E-state index in [1.165, 1.54) is 24.8 Å². The molecule has 32 heavy (non-hydrogen) atoms. The summed E-state index contributed by atoms with van der Waals surface area (Å²) >= 11 is 0. The van der Waals surface area contributed by atoms with Gasteiger partial charge in [0.15, 0.2) is 0 Å². The van der Waals surface area contributed by atoms with E-state index in [4.69, 9.17) is 0 Å². The number of nitrogens with one attached hydrogen (secondary N) is 2. The van der Waals surface area contributed by atoms with E-state index < -0.39 is 0 Å². The lowest BCUT2D eigenvalue weighted by Gasteiger charge is -2.32. The summed E-state index contributed by atoms with van der Waals surface area (Å²) in [6.07, 6.45) is 8.13. The number of hydrogen-bond acceptors (Lipinski definition) is 5. The first-order valence-corrected chi connectivity index (χ1v) is 11.7. The van der Waals surface area contributed by atoms with E-state index in [9.17, 15) is 9.59 Å². The number of anilines is 1. The second-order valence-corrected chi connectivity index (χ2v) is 8.73. The Hall–Kier alpha value is -2.93. The molecule has 7 heteroatoms. The summed E-state index contributed by atoms with van der Waals surface area (Å²) in [6.45, 7) is 5.20. The van der Waals surface area contributed by atoms with E-state index in [1.807, 2.05) is 11.0 Å². The van der Waals surface area contributed by atoms with Crippen molar-refractivity contribution in [3.05, 3.63) is 59.9 Å². The summed E-state index contributed by atoms with van der Waals surface area (Å²) in [5.41, 5.74) is 2.73. The molecule has 4 rings (SSSR count). The molecule has 2 fully saturated rings. The lowest BCUT2D eigenvalue weighted by Crippen LogP contribution is -2.48. The highest BCUT2D eigenvalue weighted by Gasteiger charge is 2.22. The van der Waals surface area contributed by atoms with Gasteiger partial charge in [0, 0.05) is 38.6 Å². The van der Waals surface area contributed by atoms with Crippen LogP contribution in [0.5, 0.6) is 0 Å². The van der Waals surface area contributed by atoms with Gasteiger partial charge in [-0.05, 0) is 56.3 Å². The molecule has 3 heterocycles. The monoisotopic (exact) mass is 435 g/mol. The number of hydrogen-bond donors (Lipinski definition) is 2. The predicted molar refractivity (Wildman–Crippen MR) is 126 cm³/mol. The number of piperidine rings is 1. The Morgan fingerprint density at radius 3 is 2.72 bits per heavy atom. The van der Waals surface area contributed by atoms with Crippen molar-refractivity contribution in [3.63, 3.8) is 0 Å². The van der Waals surface area contributed by atoms with Gasteiger partial charge in [-0.1, -0.05) is 30.3 Å². The highest BCUT2D eigenvalue weighted by Crippen LogP contribution is 2.22. The van der Waals surface area contributed by atoms with Crippen molar-refractivity contribution in [1.82, 2.24) is 20.5 Å². The highest BCUT2D eigenvalue weighted by molar-refractivity contribution is 6.00. The summed E-state index contributed by atoms with van der Waals surface area (Å²) < 4.78 is 0. The molecular weight excluding hydrogens is 402 g/mol. The van der Waals surface area contributed by atoms with Crippen LogP contribution >= 0.6 is 0 Å². The van der Waals surface area contributed by atoms with E-state index in [0.717, 1.165) is 37.7 Å². The molecule has 1 aromatic heterocycles.